The van der Waals surface area contributed by atoms with Crippen molar-refractivity contribution in [2.24, 2.45) is 0 Å². The van der Waals surface area contributed by atoms with Crippen LogP contribution in [0.5, 0.6) is 11.5 Å². The summed E-state index contributed by atoms with van der Waals surface area (Å²) in [5.41, 5.74) is 1.75. The van der Waals surface area contributed by atoms with Gasteiger partial charge in [-0.1, -0.05) is 6.07 Å². The first-order valence-electron chi connectivity index (χ1n) is 7.30. The van der Waals surface area contributed by atoms with Crippen LogP contribution in [0.2, 0.25) is 0 Å². The number of methoxy groups -OCH3 is 1. The highest BCUT2D eigenvalue weighted by molar-refractivity contribution is 5.75. The molecule has 0 aliphatic rings. The summed E-state index contributed by atoms with van der Waals surface area (Å²) in [7, 11) is 1.58. The highest BCUT2D eigenvalue weighted by Gasteiger charge is 2.10. The van der Waals surface area contributed by atoms with Gasteiger partial charge in [0.2, 0.25) is 0 Å². The SMILES string of the molecule is CCOc1cc(Cn2c(=O)[nH]c3cc(F)ccc32)ccc1OC. The van der Waals surface area contributed by atoms with Crippen LogP contribution in [0.15, 0.2) is 41.2 Å². The highest BCUT2D eigenvalue weighted by atomic mass is 19.1. The molecule has 5 nitrogen and oxygen atoms in total. The number of halogens is 1. The van der Waals surface area contributed by atoms with Crippen LogP contribution in [-0.2, 0) is 6.54 Å². The first-order chi connectivity index (χ1) is 11.1. The van der Waals surface area contributed by atoms with Crippen molar-refractivity contribution in [1.82, 2.24) is 9.55 Å². The van der Waals surface area contributed by atoms with Gasteiger partial charge >= 0.3 is 5.69 Å². The van der Waals surface area contributed by atoms with Crippen molar-refractivity contribution in [1.29, 1.82) is 0 Å². The molecule has 3 aromatic rings. The minimum absolute atomic E-state index is 0.278. The molecule has 1 aromatic heterocycles. The summed E-state index contributed by atoms with van der Waals surface area (Å²) >= 11 is 0. The van der Waals surface area contributed by atoms with Crippen molar-refractivity contribution in [2.45, 2.75) is 13.5 Å². The fourth-order valence-electron chi connectivity index (χ4n) is 2.56. The number of imidazole rings is 1. The Hall–Kier alpha value is -2.76. The smallest absolute Gasteiger partial charge is 0.326 e. The van der Waals surface area contributed by atoms with Gasteiger partial charge in [0.1, 0.15) is 5.82 Å². The molecule has 0 spiro atoms. The molecular formula is C17H17FN2O3. The lowest BCUT2D eigenvalue weighted by atomic mass is 10.2. The summed E-state index contributed by atoms with van der Waals surface area (Å²) in [5, 5.41) is 0. The maximum Gasteiger partial charge on any atom is 0.326 e. The van der Waals surface area contributed by atoms with Crippen LogP contribution in [-0.4, -0.2) is 23.3 Å². The van der Waals surface area contributed by atoms with E-state index in [0.717, 1.165) is 5.56 Å². The molecular weight excluding hydrogens is 299 g/mol. The van der Waals surface area contributed by atoms with Gasteiger partial charge in [0.25, 0.3) is 0 Å². The number of rotatable bonds is 5. The molecule has 6 heteroatoms. The monoisotopic (exact) mass is 316 g/mol. The van der Waals surface area contributed by atoms with Crippen molar-refractivity contribution < 1.29 is 13.9 Å². The molecule has 120 valence electrons. The average Bonchev–Trinajstić information content (AvgIpc) is 2.83. The summed E-state index contributed by atoms with van der Waals surface area (Å²) in [5.74, 6) is 0.893. The molecule has 0 amide bonds. The molecule has 2 aromatic carbocycles. The van der Waals surface area contributed by atoms with Crippen LogP contribution in [0.25, 0.3) is 11.0 Å². The van der Waals surface area contributed by atoms with E-state index in [0.29, 0.717) is 35.7 Å². The minimum atomic E-state index is -0.381. The van der Waals surface area contributed by atoms with Crippen molar-refractivity contribution >= 4 is 11.0 Å². The van der Waals surface area contributed by atoms with Crippen LogP contribution >= 0.6 is 0 Å². The largest absolute Gasteiger partial charge is 0.493 e. The van der Waals surface area contributed by atoms with E-state index in [2.05, 4.69) is 4.98 Å². The Labute approximate surface area is 132 Å². The van der Waals surface area contributed by atoms with Crippen LogP contribution in [0, 0.1) is 5.82 Å². The van der Waals surface area contributed by atoms with Crippen LogP contribution < -0.4 is 15.2 Å². The van der Waals surface area contributed by atoms with Crippen LogP contribution in [0.3, 0.4) is 0 Å². The third kappa shape index (κ3) is 2.92. The van der Waals surface area contributed by atoms with E-state index in [1.807, 2.05) is 19.1 Å². The molecule has 0 radical (unpaired) electrons. The molecule has 0 saturated heterocycles. The number of hydrogen-bond donors (Lipinski definition) is 1. The number of benzene rings is 2. The number of nitrogens with zero attached hydrogens (tertiary/aromatic N) is 1. The molecule has 1 N–H and O–H groups in total. The number of nitrogens with one attached hydrogen (secondary N) is 1. The van der Waals surface area contributed by atoms with Gasteiger partial charge in [0.05, 0.1) is 31.3 Å². The van der Waals surface area contributed by atoms with Gasteiger partial charge < -0.3 is 14.5 Å². The summed E-state index contributed by atoms with van der Waals surface area (Å²) in [6, 6.07) is 9.77. The van der Waals surface area contributed by atoms with E-state index in [9.17, 15) is 9.18 Å². The number of H-pyrrole nitrogens is 1. The molecule has 0 unspecified atom stereocenters. The Morgan fingerprint density at radius 2 is 2.00 bits per heavy atom. The second-order valence-corrected chi connectivity index (χ2v) is 5.10. The number of fused-ring (bicyclic) bond motifs is 1. The van der Waals surface area contributed by atoms with Gasteiger partial charge in [-0.2, -0.15) is 0 Å². The van der Waals surface area contributed by atoms with Crippen LogP contribution in [0.1, 0.15) is 12.5 Å². The standard InChI is InChI=1S/C17H17FN2O3/c1-3-23-16-8-11(4-7-15(16)22-2)10-20-14-6-5-12(18)9-13(14)19-17(20)21/h4-9H,3,10H2,1-2H3,(H,19,21). The van der Waals surface area contributed by atoms with E-state index < -0.39 is 0 Å². The van der Waals surface area contributed by atoms with E-state index in [1.54, 1.807) is 23.8 Å². The fraction of sp³-hybridized carbons (Fsp3) is 0.235. The summed E-state index contributed by atoms with van der Waals surface area (Å²) < 4.78 is 25.6. The van der Waals surface area contributed by atoms with Crippen LogP contribution in [0.4, 0.5) is 4.39 Å². The van der Waals surface area contributed by atoms with Crippen molar-refractivity contribution in [3.05, 3.63) is 58.3 Å². The minimum Gasteiger partial charge on any atom is -0.493 e. The van der Waals surface area contributed by atoms with E-state index in [4.69, 9.17) is 9.47 Å². The first-order valence-corrected chi connectivity index (χ1v) is 7.30. The zero-order chi connectivity index (χ0) is 16.4. The Morgan fingerprint density at radius 3 is 2.74 bits per heavy atom. The summed E-state index contributed by atoms with van der Waals surface area (Å²) in [6.07, 6.45) is 0. The van der Waals surface area contributed by atoms with Gasteiger partial charge in [-0.3, -0.25) is 4.57 Å². The Kier molecular flexibility index (Phi) is 4.06. The normalized spacial score (nSPS) is 10.9. The van der Waals surface area contributed by atoms with Gasteiger partial charge in [0.15, 0.2) is 11.5 Å². The lowest BCUT2D eigenvalue weighted by Gasteiger charge is -2.11. The molecule has 0 aliphatic heterocycles. The Bertz CT molecular complexity index is 898. The molecule has 0 fully saturated rings. The molecule has 3 rings (SSSR count). The fourth-order valence-corrected chi connectivity index (χ4v) is 2.56. The van der Waals surface area contributed by atoms with Gasteiger partial charge in [-0.15, -0.1) is 0 Å². The Balaban J connectivity index is 2.00. The first kappa shape index (κ1) is 15.1. The van der Waals surface area contributed by atoms with E-state index >= 15 is 0 Å². The maximum absolute atomic E-state index is 13.3. The molecule has 23 heavy (non-hydrogen) atoms. The van der Waals surface area contributed by atoms with Crippen molar-refractivity contribution in [3.63, 3.8) is 0 Å². The quantitative estimate of drug-likeness (QED) is 0.787. The highest BCUT2D eigenvalue weighted by Crippen LogP contribution is 2.28. The lowest BCUT2D eigenvalue weighted by molar-refractivity contribution is 0.310. The van der Waals surface area contributed by atoms with E-state index in [-0.39, 0.29) is 11.5 Å². The molecule has 1 heterocycles. The van der Waals surface area contributed by atoms with Crippen molar-refractivity contribution in [3.8, 4) is 11.5 Å². The predicted octanol–water partition coefficient (Wildman–Crippen LogP) is 2.92. The average molecular weight is 316 g/mol. The predicted molar refractivity (Wildman–Crippen MR) is 85.8 cm³/mol. The van der Waals surface area contributed by atoms with Gasteiger partial charge in [-0.25, -0.2) is 9.18 Å². The molecule has 0 atom stereocenters. The zero-order valence-corrected chi connectivity index (χ0v) is 12.9. The maximum atomic E-state index is 13.3. The molecule has 0 bridgehead atoms. The second-order valence-electron chi connectivity index (χ2n) is 5.10. The number of aromatic nitrogens is 2. The third-order valence-corrected chi connectivity index (χ3v) is 3.60. The zero-order valence-electron chi connectivity index (χ0n) is 12.9. The third-order valence-electron chi connectivity index (χ3n) is 3.60. The Morgan fingerprint density at radius 1 is 1.17 bits per heavy atom. The number of hydrogen-bond acceptors (Lipinski definition) is 3. The molecule has 0 aliphatic carbocycles. The summed E-state index contributed by atoms with van der Waals surface area (Å²) in [6.45, 7) is 2.77. The number of aromatic amines is 1. The van der Waals surface area contributed by atoms with E-state index in [1.165, 1.54) is 12.1 Å². The molecule has 0 saturated carbocycles. The van der Waals surface area contributed by atoms with Gasteiger partial charge in [-0.05, 0) is 42.8 Å². The number of ether oxygens (including phenoxy) is 2. The topological polar surface area (TPSA) is 56.2 Å². The van der Waals surface area contributed by atoms with Gasteiger partial charge in [0, 0.05) is 0 Å². The lowest BCUT2D eigenvalue weighted by Crippen LogP contribution is -2.17. The van der Waals surface area contributed by atoms with Crippen molar-refractivity contribution in [2.75, 3.05) is 13.7 Å². The second kappa shape index (κ2) is 6.16. The summed E-state index contributed by atoms with van der Waals surface area (Å²) in [4.78, 5) is 14.8.